The fraction of sp³-hybridized carbons (Fsp3) is 0.0938. The summed E-state index contributed by atoms with van der Waals surface area (Å²) in [7, 11) is 0. The van der Waals surface area contributed by atoms with E-state index in [0.717, 1.165) is 26.2 Å². The molecule has 4 aromatic rings. The summed E-state index contributed by atoms with van der Waals surface area (Å²) in [5, 5.41) is 8.18. The molecule has 0 radical (unpaired) electrons. The molecule has 8 heteroatoms. The fourth-order valence-electron chi connectivity index (χ4n) is 3.65. The first-order valence-corrected chi connectivity index (χ1v) is 14.2. The SMILES string of the molecule is Cc1ccc(NC(=O)C(C)Sc2cccc(NC(=O)/C(=C/c3ccc(Br)cc3)NC(=O)c3ccccc3)c2)cc1. The second-order valence-corrected chi connectivity index (χ2v) is 11.4. The van der Waals surface area contributed by atoms with Crippen LogP contribution in [0.25, 0.3) is 6.08 Å². The van der Waals surface area contributed by atoms with Gasteiger partial charge in [0.2, 0.25) is 5.91 Å². The molecule has 0 fully saturated rings. The molecule has 6 nitrogen and oxygen atoms in total. The number of hydrogen-bond donors (Lipinski definition) is 3. The zero-order chi connectivity index (χ0) is 28.5. The number of nitrogens with one attached hydrogen (secondary N) is 3. The number of hydrogen-bond acceptors (Lipinski definition) is 4. The number of benzene rings is 4. The van der Waals surface area contributed by atoms with Crippen LogP contribution in [0.3, 0.4) is 0 Å². The summed E-state index contributed by atoms with van der Waals surface area (Å²) in [5.74, 6) is -0.983. The highest BCUT2D eigenvalue weighted by Gasteiger charge is 2.17. The molecule has 3 amide bonds. The maximum absolute atomic E-state index is 13.3. The smallest absolute Gasteiger partial charge is 0.272 e. The van der Waals surface area contributed by atoms with Crippen LogP contribution in [-0.2, 0) is 9.59 Å². The molecular weight excluding hydrogens is 586 g/mol. The highest BCUT2D eigenvalue weighted by molar-refractivity contribution is 9.10. The molecule has 4 aromatic carbocycles. The van der Waals surface area contributed by atoms with E-state index in [1.54, 1.807) is 42.5 Å². The summed E-state index contributed by atoms with van der Waals surface area (Å²) >= 11 is 4.79. The van der Waals surface area contributed by atoms with Gasteiger partial charge in [-0.3, -0.25) is 14.4 Å². The largest absolute Gasteiger partial charge is 0.325 e. The number of carbonyl (C=O) groups excluding carboxylic acids is 3. The third kappa shape index (κ3) is 8.43. The van der Waals surface area contributed by atoms with Crippen LogP contribution < -0.4 is 16.0 Å². The monoisotopic (exact) mass is 613 g/mol. The van der Waals surface area contributed by atoms with Gasteiger partial charge in [0, 0.05) is 26.3 Å². The molecule has 0 saturated heterocycles. The minimum atomic E-state index is -0.473. The normalized spacial score (nSPS) is 11.8. The van der Waals surface area contributed by atoms with Crippen molar-refractivity contribution in [3.63, 3.8) is 0 Å². The first-order valence-electron chi connectivity index (χ1n) is 12.6. The average molecular weight is 615 g/mol. The minimum absolute atomic E-state index is 0.0973. The average Bonchev–Trinajstić information content (AvgIpc) is 2.95. The highest BCUT2D eigenvalue weighted by Crippen LogP contribution is 2.27. The van der Waals surface area contributed by atoms with Gasteiger partial charge >= 0.3 is 0 Å². The molecule has 4 rings (SSSR count). The number of halogens is 1. The quantitative estimate of drug-likeness (QED) is 0.137. The Morgan fingerprint density at radius 2 is 1.50 bits per heavy atom. The van der Waals surface area contributed by atoms with Crippen LogP contribution in [0, 0.1) is 6.92 Å². The Hall–Kier alpha value is -4.14. The van der Waals surface area contributed by atoms with Crippen LogP contribution in [0.4, 0.5) is 11.4 Å². The lowest BCUT2D eigenvalue weighted by Crippen LogP contribution is -2.30. The summed E-state index contributed by atoms with van der Waals surface area (Å²) in [4.78, 5) is 39.7. The number of aryl methyl sites for hydroxylation is 1. The zero-order valence-electron chi connectivity index (χ0n) is 22.0. The molecule has 1 atom stereocenters. The lowest BCUT2D eigenvalue weighted by Gasteiger charge is -2.14. The molecule has 0 spiro atoms. The fourth-order valence-corrected chi connectivity index (χ4v) is 4.84. The molecule has 0 aliphatic heterocycles. The van der Waals surface area contributed by atoms with Crippen molar-refractivity contribution in [2.45, 2.75) is 24.0 Å². The number of rotatable bonds is 9. The van der Waals surface area contributed by atoms with E-state index in [2.05, 4.69) is 31.9 Å². The second kappa shape index (κ2) is 13.8. The van der Waals surface area contributed by atoms with E-state index in [-0.39, 0.29) is 16.9 Å². The van der Waals surface area contributed by atoms with Gasteiger partial charge in [0.25, 0.3) is 11.8 Å². The van der Waals surface area contributed by atoms with Crippen LogP contribution in [0.5, 0.6) is 0 Å². The lowest BCUT2D eigenvalue weighted by molar-refractivity contribution is -0.115. The molecule has 0 saturated carbocycles. The molecule has 3 N–H and O–H groups in total. The summed E-state index contributed by atoms with van der Waals surface area (Å²) in [5.41, 5.74) is 3.69. The van der Waals surface area contributed by atoms with Crippen molar-refractivity contribution in [3.05, 3.63) is 130 Å². The summed E-state index contributed by atoms with van der Waals surface area (Å²) in [6.07, 6.45) is 1.62. The zero-order valence-corrected chi connectivity index (χ0v) is 24.4. The third-order valence-corrected chi connectivity index (χ3v) is 7.43. The third-order valence-electron chi connectivity index (χ3n) is 5.80. The van der Waals surface area contributed by atoms with Crippen molar-refractivity contribution in [3.8, 4) is 0 Å². The van der Waals surface area contributed by atoms with Crippen molar-refractivity contribution in [1.82, 2.24) is 5.32 Å². The maximum atomic E-state index is 13.3. The van der Waals surface area contributed by atoms with E-state index in [0.29, 0.717) is 11.3 Å². The van der Waals surface area contributed by atoms with E-state index in [1.165, 1.54) is 11.8 Å². The second-order valence-electron chi connectivity index (χ2n) is 9.03. The highest BCUT2D eigenvalue weighted by atomic mass is 79.9. The van der Waals surface area contributed by atoms with Gasteiger partial charge in [-0.1, -0.05) is 70.0 Å². The van der Waals surface area contributed by atoms with Gasteiger partial charge in [-0.2, -0.15) is 0 Å². The van der Waals surface area contributed by atoms with Crippen molar-refractivity contribution in [2.75, 3.05) is 10.6 Å². The maximum Gasteiger partial charge on any atom is 0.272 e. The first-order chi connectivity index (χ1) is 19.3. The Balaban J connectivity index is 1.47. The van der Waals surface area contributed by atoms with Gasteiger partial charge in [-0.25, -0.2) is 0 Å². The number of anilines is 2. The summed E-state index contributed by atoms with van der Waals surface area (Å²) in [6, 6.07) is 31.0. The van der Waals surface area contributed by atoms with Gasteiger partial charge < -0.3 is 16.0 Å². The van der Waals surface area contributed by atoms with Crippen LogP contribution in [-0.4, -0.2) is 23.0 Å². The topological polar surface area (TPSA) is 87.3 Å². The molecule has 202 valence electrons. The van der Waals surface area contributed by atoms with Crippen LogP contribution in [0.2, 0.25) is 0 Å². The number of amides is 3. The van der Waals surface area contributed by atoms with Gasteiger partial charge in [-0.15, -0.1) is 11.8 Å². The molecule has 0 aromatic heterocycles. The predicted octanol–water partition coefficient (Wildman–Crippen LogP) is 7.29. The minimum Gasteiger partial charge on any atom is -0.325 e. The molecule has 1 unspecified atom stereocenters. The van der Waals surface area contributed by atoms with E-state index in [1.807, 2.05) is 80.6 Å². The van der Waals surface area contributed by atoms with E-state index in [4.69, 9.17) is 0 Å². The van der Waals surface area contributed by atoms with Crippen LogP contribution >= 0.6 is 27.7 Å². The molecule has 40 heavy (non-hydrogen) atoms. The lowest BCUT2D eigenvalue weighted by atomic mass is 10.1. The van der Waals surface area contributed by atoms with E-state index >= 15 is 0 Å². The van der Waals surface area contributed by atoms with Gasteiger partial charge in [-0.05, 0) is 80.1 Å². The van der Waals surface area contributed by atoms with Crippen LogP contribution in [0.15, 0.2) is 118 Å². The summed E-state index contributed by atoms with van der Waals surface area (Å²) < 4.78 is 0.903. The molecule has 0 aliphatic rings. The van der Waals surface area contributed by atoms with Gasteiger partial charge in [0.15, 0.2) is 0 Å². The van der Waals surface area contributed by atoms with E-state index in [9.17, 15) is 14.4 Å². The van der Waals surface area contributed by atoms with E-state index < -0.39 is 11.8 Å². The Kier molecular flexibility index (Phi) is 9.94. The Bertz CT molecular complexity index is 1520. The Morgan fingerprint density at radius 1 is 0.800 bits per heavy atom. The molecule has 0 bridgehead atoms. The predicted molar refractivity (Wildman–Crippen MR) is 166 cm³/mol. The van der Waals surface area contributed by atoms with Gasteiger partial charge in [0.1, 0.15) is 5.70 Å². The van der Waals surface area contributed by atoms with Crippen LogP contribution in [0.1, 0.15) is 28.4 Å². The molecule has 0 aliphatic carbocycles. The summed E-state index contributed by atoms with van der Waals surface area (Å²) in [6.45, 7) is 3.82. The van der Waals surface area contributed by atoms with Crippen molar-refractivity contribution >= 4 is 62.9 Å². The molecule has 0 heterocycles. The Morgan fingerprint density at radius 3 is 2.20 bits per heavy atom. The standard InChI is InChI=1S/C32H28BrN3O3S/c1-21-11-17-26(18-12-21)34-30(37)22(2)40-28-10-6-9-27(20-28)35-32(39)29(19-23-13-15-25(33)16-14-23)36-31(38)24-7-4-3-5-8-24/h3-20,22H,1-2H3,(H,34,37)(H,35,39)(H,36,38)/b29-19-. The van der Waals surface area contributed by atoms with Crippen molar-refractivity contribution < 1.29 is 14.4 Å². The van der Waals surface area contributed by atoms with Gasteiger partial charge in [0.05, 0.1) is 5.25 Å². The first kappa shape index (κ1) is 28.9. The van der Waals surface area contributed by atoms with Crippen molar-refractivity contribution in [2.24, 2.45) is 0 Å². The van der Waals surface area contributed by atoms with Crippen molar-refractivity contribution in [1.29, 1.82) is 0 Å². The Labute approximate surface area is 246 Å². The number of thioether (sulfide) groups is 1. The molecular formula is C32H28BrN3O3S. The number of carbonyl (C=O) groups is 3.